The van der Waals surface area contributed by atoms with E-state index in [0.717, 1.165) is 32.7 Å². The lowest BCUT2D eigenvalue weighted by atomic mass is 10.0. The van der Waals surface area contributed by atoms with Gasteiger partial charge in [0.1, 0.15) is 0 Å². The molecule has 162 valence electrons. The summed E-state index contributed by atoms with van der Waals surface area (Å²) in [6.07, 6.45) is 22.7. The maximum atomic E-state index is 8.67. The van der Waals surface area contributed by atoms with Crippen LogP contribution in [0.25, 0.3) is 0 Å². The first kappa shape index (κ1) is 24.9. The Kier molecular flexibility index (Phi) is 19.0. The fourth-order valence-electron chi connectivity index (χ4n) is 3.73. The lowest BCUT2D eigenvalue weighted by Gasteiger charge is -2.22. The van der Waals surface area contributed by atoms with Crippen molar-refractivity contribution in [3.8, 4) is 0 Å². The maximum absolute atomic E-state index is 8.67. The number of unbranched alkanes of at least 4 members (excludes halogenated alkanes) is 13. The summed E-state index contributed by atoms with van der Waals surface area (Å²) in [5.74, 6) is 0. The summed E-state index contributed by atoms with van der Waals surface area (Å²) >= 11 is 0. The van der Waals surface area contributed by atoms with Crippen LogP contribution in [0.15, 0.2) is 0 Å². The number of hydrogen-bond donors (Lipinski definition) is 2. The smallest absolute Gasteiger partial charge is 0.157 e. The van der Waals surface area contributed by atoms with Crippen LogP contribution in [0.1, 0.15) is 109 Å². The van der Waals surface area contributed by atoms with E-state index in [4.69, 9.17) is 14.6 Å². The molecule has 1 aliphatic rings. The van der Waals surface area contributed by atoms with Gasteiger partial charge in [-0.3, -0.25) is 0 Å². The average Bonchev–Trinajstić information content (AvgIpc) is 2.70. The highest BCUT2D eigenvalue weighted by Crippen LogP contribution is 2.15. The first-order valence-electron chi connectivity index (χ1n) is 12.0. The molecule has 0 amide bonds. The van der Waals surface area contributed by atoms with Gasteiger partial charge in [0, 0.05) is 19.8 Å². The highest BCUT2D eigenvalue weighted by atomic mass is 16.7. The molecule has 1 unspecified atom stereocenters. The van der Waals surface area contributed by atoms with E-state index in [2.05, 4.69) is 5.32 Å². The zero-order valence-corrected chi connectivity index (χ0v) is 17.9. The minimum Gasteiger partial charge on any atom is -0.395 e. The van der Waals surface area contributed by atoms with Crippen LogP contribution < -0.4 is 5.32 Å². The van der Waals surface area contributed by atoms with Gasteiger partial charge in [-0.1, -0.05) is 77.0 Å². The molecule has 0 bridgehead atoms. The first-order chi connectivity index (χ1) is 13.4. The van der Waals surface area contributed by atoms with Gasteiger partial charge in [0.15, 0.2) is 6.29 Å². The topological polar surface area (TPSA) is 50.7 Å². The van der Waals surface area contributed by atoms with Crippen molar-refractivity contribution in [2.24, 2.45) is 0 Å². The molecule has 0 aromatic carbocycles. The standard InChI is InChI=1S/C23H47NO3/c25-20-19-24-18-14-11-9-7-5-3-1-2-4-6-8-10-12-15-21-26-23-17-13-16-22-27-23/h23-25H,1-22H2. The average molecular weight is 386 g/mol. The summed E-state index contributed by atoms with van der Waals surface area (Å²) in [7, 11) is 0. The molecule has 4 heteroatoms. The Balaban J connectivity index is 1.64. The number of aliphatic hydroxyl groups excluding tert-OH is 1. The Bertz CT molecular complexity index is 283. The molecule has 1 heterocycles. The van der Waals surface area contributed by atoms with Gasteiger partial charge in [0.05, 0.1) is 6.61 Å². The third-order valence-electron chi connectivity index (χ3n) is 5.48. The quantitative estimate of drug-likeness (QED) is 0.269. The number of aliphatic hydroxyl groups is 1. The molecular weight excluding hydrogens is 338 g/mol. The van der Waals surface area contributed by atoms with Crippen LogP contribution in [0, 0.1) is 0 Å². The third kappa shape index (κ3) is 17.7. The van der Waals surface area contributed by atoms with E-state index in [0.29, 0.717) is 0 Å². The molecule has 0 saturated carbocycles. The molecule has 4 nitrogen and oxygen atoms in total. The van der Waals surface area contributed by atoms with E-state index in [1.165, 1.54) is 103 Å². The molecule has 27 heavy (non-hydrogen) atoms. The van der Waals surface area contributed by atoms with Crippen LogP contribution in [-0.4, -0.2) is 44.3 Å². The molecule has 1 saturated heterocycles. The van der Waals surface area contributed by atoms with Crippen molar-refractivity contribution >= 4 is 0 Å². The van der Waals surface area contributed by atoms with Crippen molar-refractivity contribution in [3.05, 3.63) is 0 Å². The Labute approximate surface area is 168 Å². The van der Waals surface area contributed by atoms with E-state index in [1.807, 2.05) is 0 Å². The van der Waals surface area contributed by atoms with Crippen LogP contribution >= 0.6 is 0 Å². The summed E-state index contributed by atoms with van der Waals surface area (Å²) in [4.78, 5) is 0. The molecular formula is C23H47NO3. The lowest BCUT2D eigenvalue weighted by Crippen LogP contribution is -2.22. The summed E-state index contributed by atoms with van der Waals surface area (Å²) < 4.78 is 11.4. The Hall–Kier alpha value is -0.160. The number of nitrogens with one attached hydrogen (secondary N) is 1. The van der Waals surface area contributed by atoms with Gasteiger partial charge in [0.2, 0.25) is 0 Å². The molecule has 0 aromatic rings. The van der Waals surface area contributed by atoms with Crippen molar-refractivity contribution < 1.29 is 14.6 Å². The van der Waals surface area contributed by atoms with Gasteiger partial charge in [-0.15, -0.1) is 0 Å². The Morgan fingerprint density at radius 3 is 1.78 bits per heavy atom. The van der Waals surface area contributed by atoms with Crippen molar-refractivity contribution in [2.45, 2.75) is 115 Å². The van der Waals surface area contributed by atoms with Crippen molar-refractivity contribution in [1.82, 2.24) is 5.32 Å². The van der Waals surface area contributed by atoms with Gasteiger partial charge < -0.3 is 19.9 Å². The van der Waals surface area contributed by atoms with Gasteiger partial charge >= 0.3 is 0 Å². The van der Waals surface area contributed by atoms with Crippen LogP contribution in [0.3, 0.4) is 0 Å². The zero-order chi connectivity index (χ0) is 19.3. The van der Waals surface area contributed by atoms with E-state index in [9.17, 15) is 0 Å². The maximum Gasteiger partial charge on any atom is 0.157 e. The molecule has 1 atom stereocenters. The molecule has 1 rings (SSSR count). The van der Waals surface area contributed by atoms with E-state index in [-0.39, 0.29) is 12.9 Å². The summed E-state index contributed by atoms with van der Waals surface area (Å²) in [6.45, 7) is 3.82. The first-order valence-corrected chi connectivity index (χ1v) is 12.0. The van der Waals surface area contributed by atoms with Crippen LogP contribution in [0.2, 0.25) is 0 Å². The number of ether oxygens (including phenoxy) is 2. The monoisotopic (exact) mass is 385 g/mol. The molecule has 0 spiro atoms. The number of rotatable bonds is 20. The Morgan fingerprint density at radius 1 is 0.704 bits per heavy atom. The van der Waals surface area contributed by atoms with Crippen LogP contribution in [-0.2, 0) is 9.47 Å². The zero-order valence-electron chi connectivity index (χ0n) is 17.9. The molecule has 2 N–H and O–H groups in total. The largest absolute Gasteiger partial charge is 0.395 e. The third-order valence-corrected chi connectivity index (χ3v) is 5.48. The van der Waals surface area contributed by atoms with Gasteiger partial charge in [-0.2, -0.15) is 0 Å². The second-order valence-electron chi connectivity index (χ2n) is 8.09. The highest BCUT2D eigenvalue weighted by molar-refractivity contribution is 4.54. The minimum absolute atomic E-state index is 0.0904. The van der Waals surface area contributed by atoms with E-state index >= 15 is 0 Å². The van der Waals surface area contributed by atoms with Crippen LogP contribution in [0.4, 0.5) is 0 Å². The van der Waals surface area contributed by atoms with E-state index in [1.54, 1.807) is 0 Å². The normalized spacial score (nSPS) is 17.4. The van der Waals surface area contributed by atoms with Crippen molar-refractivity contribution in [1.29, 1.82) is 0 Å². The summed E-state index contributed by atoms with van der Waals surface area (Å²) in [6, 6.07) is 0. The van der Waals surface area contributed by atoms with E-state index < -0.39 is 0 Å². The second-order valence-corrected chi connectivity index (χ2v) is 8.09. The lowest BCUT2D eigenvalue weighted by molar-refractivity contribution is -0.162. The predicted molar refractivity (Wildman–Crippen MR) is 114 cm³/mol. The van der Waals surface area contributed by atoms with Crippen LogP contribution in [0.5, 0.6) is 0 Å². The molecule has 1 aliphatic heterocycles. The van der Waals surface area contributed by atoms with Crippen molar-refractivity contribution in [2.75, 3.05) is 32.9 Å². The summed E-state index contributed by atoms with van der Waals surface area (Å²) in [5, 5.41) is 11.9. The fraction of sp³-hybridized carbons (Fsp3) is 1.00. The SMILES string of the molecule is OCCNCCCCCCCCCCCCCCCCOC1CCCCO1. The van der Waals surface area contributed by atoms with Gasteiger partial charge in [0.25, 0.3) is 0 Å². The molecule has 0 aliphatic carbocycles. The summed E-state index contributed by atoms with van der Waals surface area (Å²) in [5.41, 5.74) is 0. The Morgan fingerprint density at radius 2 is 1.26 bits per heavy atom. The molecule has 1 fully saturated rings. The number of hydrogen-bond acceptors (Lipinski definition) is 4. The van der Waals surface area contributed by atoms with Gasteiger partial charge in [-0.05, 0) is 38.6 Å². The second kappa shape index (κ2) is 20.6. The van der Waals surface area contributed by atoms with Crippen molar-refractivity contribution in [3.63, 3.8) is 0 Å². The predicted octanol–water partition coefficient (Wildman–Crippen LogP) is 5.57. The highest BCUT2D eigenvalue weighted by Gasteiger charge is 2.13. The van der Waals surface area contributed by atoms with Gasteiger partial charge in [-0.25, -0.2) is 0 Å². The fourth-order valence-corrected chi connectivity index (χ4v) is 3.73. The molecule has 0 aromatic heterocycles. The minimum atomic E-state index is 0.0904. The molecule has 0 radical (unpaired) electrons.